The predicted octanol–water partition coefficient (Wildman–Crippen LogP) is 2.84. The molecule has 2 aromatic carbocycles. The number of nitrogens with one attached hydrogen (secondary N) is 1. The molecular formula is C19H21F2N3O2. The van der Waals surface area contributed by atoms with E-state index in [-0.39, 0.29) is 25.4 Å². The highest BCUT2D eigenvalue weighted by atomic mass is 19.1. The van der Waals surface area contributed by atoms with Crippen molar-refractivity contribution in [3.8, 4) is 0 Å². The number of nitrogens with two attached hydrogens (primary N) is 1. The molecule has 1 unspecified atom stereocenters. The van der Waals surface area contributed by atoms with Gasteiger partial charge < -0.3 is 16.0 Å². The number of likely N-dealkylation sites (N-methyl/N-ethyl adjacent to an activating group) is 1. The molecule has 0 aliphatic carbocycles. The summed E-state index contributed by atoms with van der Waals surface area (Å²) in [7, 11) is 0. The quantitative estimate of drug-likeness (QED) is 0.796. The van der Waals surface area contributed by atoms with Crippen LogP contribution < -0.4 is 11.1 Å². The third kappa shape index (κ3) is 5.10. The van der Waals surface area contributed by atoms with Crippen molar-refractivity contribution in [1.82, 2.24) is 4.90 Å². The average molecular weight is 361 g/mol. The van der Waals surface area contributed by atoms with Crippen molar-refractivity contribution in [2.45, 2.75) is 19.4 Å². The zero-order chi connectivity index (χ0) is 19.1. The molecule has 0 spiro atoms. The number of carbonyl (C=O) groups is 2. The molecule has 26 heavy (non-hydrogen) atoms. The molecule has 0 saturated carbocycles. The standard InChI is InChI=1S/C19H21F2N3O2/c1-2-24(18(26)11-16(22)13-7-4-3-5-8-13)12-17(25)23-19-14(20)9-6-10-15(19)21/h3-10,16H,2,11-12,22H2,1H3,(H,23,25). The first-order valence-corrected chi connectivity index (χ1v) is 8.24. The van der Waals surface area contributed by atoms with Gasteiger partial charge in [0, 0.05) is 19.0 Å². The van der Waals surface area contributed by atoms with Gasteiger partial charge in [0.2, 0.25) is 11.8 Å². The minimum atomic E-state index is -0.876. The van der Waals surface area contributed by atoms with Gasteiger partial charge in [0.05, 0.1) is 6.54 Å². The predicted molar refractivity (Wildman–Crippen MR) is 95.2 cm³/mol. The summed E-state index contributed by atoms with van der Waals surface area (Å²) in [5, 5.41) is 2.17. The second-order valence-electron chi connectivity index (χ2n) is 5.77. The van der Waals surface area contributed by atoms with Crippen LogP contribution in [0.25, 0.3) is 0 Å². The Balaban J connectivity index is 1.97. The van der Waals surface area contributed by atoms with Crippen LogP contribution in [0, 0.1) is 11.6 Å². The zero-order valence-corrected chi connectivity index (χ0v) is 14.4. The number of carbonyl (C=O) groups excluding carboxylic acids is 2. The van der Waals surface area contributed by atoms with Crippen LogP contribution in [0.5, 0.6) is 0 Å². The molecule has 2 rings (SSSR count). The second-order valence-corrected chi connectivity index (χ2v) is 5.77. The first-order valence-electron chi connectivity index (χ1n) is 8.24. The summed E-state index contributed by atoms with van der Waals surface area (Å²) in [6.45, 7) is 1.67. The van der Waals surface area contributed by atoms with Crippen molar-refractivity contribution >= 4 is 17.5 Å². The van der Waals surface area contributed by atoms with Crippen molar-refractivity contribution in [3.05, 3.63) is 65.7 Å². The molecular weight excluding hydrogens is 340 g/mol. The maximum Gasteiger partial charge on any atom is 0.244 e. The molecule has 0 aliphatic heterocycles. The summed E-state index contributed by atoms with van der Waals surface area (Å²) >= 11 is 0. The van der Waals surface area contributed by atoms with Gasteiger partial charge in [0.15, 0.2) is 0 Å². The lowest BCUT2D eigenvalue weighted by molar-refractivity contribution is -0.134. The highest BCUT2D eigenvalue weighted by Crippen LogP contribution is 2.18. The summed E-state index contributed by atoms with van der Waals surface area (Å²) < 4.78 is 27.2. The minimum Gasteiger partial charge on any atom is -0.334 e. The van der Waals surface area contributed by atoms with Crippen molar-refractivity contribution in [3.63, 3.8) is 0 Å². The minimum absolute atomic E-state index is 0.0270. The third-order valence-electron chi connectivity index (χ3n) is 3.92. The van der Waals surface area contributed by atoms with E-state index in [4.69, 9.17) is 5.73 Å². The second kappa shape index (κ2) is 9.05. The molecule has 0 fully saturated rings. The van der Waals surface area contributed by atoms with Crippen molar-refractivity contribution < 1.29 is 18.4 Å². The van der Waals surface area contributed by atoms with E-state index < -0.39 is 29.3 Å². The monoisotopic (exact) mass is 361 g/mol. The van der Waals surface area contributed by atoms with Crippen molar-refractivity contribution in [2.75, 3.05) is 18.4 Å². The maximum absolute atomic E-state index is 13.6. The number of halogens is 2. The Labute approximate surface area is 150 Å². The molecule has 5 nitrogen and oxygen atoms in total. The first-order chi connectivity index (χ1) is 12.4. The molecule has 0 bridgehead atoms. The molecule has 0 aromatic heterocycles. The first kappa shape index (κ1) is 19.5. The van der Waals surface area contributed by atoms with Gasteiger partial charge in [-0.3, -0.25) is 9.59 Å². The summed E-state index contributed by atoms with van der Waals surface area (Å²) in [6, 6.07) is 11.9. The molecule has 0 heterocycles. The Bertz CT molecular complexity index is 748. The zero-order valence-electron chi connectivity index (χ0n) is 14.4. The molecule has 138 valence electrons. The van der Waals surface area contributed by atoms with E-state index in [2.05, 4.69) is 5.32 Å². The van der Waals surface area contributed by atoms with E-state index in [1.165, 1.54) is 11.0 Å². The van der Waals surface area contributed by atoms with Gasteiger partial charge in [-0.1, -0.05) is 36.4 Å². The van der Waals surface area contributed by atoms with E-state index in [1.54, 1.807) is 6.92 Å². The Kier molecular flexibility index (Phi) is 6.80. The van der Waals surface area contributed by atoms with Gasteiger partial charge in [0.25, 0.3) is 0 Å². The van der Waals surface area contributed by atoms with E-state index >= 15 is 0 Å². The number of hydrogen-bond donors (Lipinski definition) is 2. The molecule has 3 N–H and O–H groups in total. The highest BCUT2D eigenvalue weighted by Gasteiger charge is 2.20. The fourth-order valence-electron chi connectivity index (χ4n) is 2.48. The van der Waals surface area contributed by atoms with Gasteiger partial charge in [-0.05, 0) is 24.6 Å². The Hall–Kier alpha value is -2.80. The van der Waals surface area contributed by atoms with Crippen LogP contribution in [0.2, 0.25) is 0 Å². The largest absolute Gasteiger partial charge is 0.334 e. The summed E-state index contributed by atoms with van der Waals surface area (Å²) in [4.78, 5) is 25.8. The SMILES string of the molecule is CCN(CC(=O)Nc1c(F)cccc1F)C(=O)CC(N)c1ccccc1. The lowest BCUT2D eigenvalue weighted by atomic mass is 10.0. The van der Waals surface area contributed by atoms with Crippen LogP contribution >= 0.6 is 0 Å². The highest BCUT2D eigenvalue weighted by molar-refractivity contribution is 5.94. The lowest BCUT2D eigenvalue weighted by Crippen LogP contribution is -2.39. The Morgan fingerprint density at radius 2 is 1.69 bits per heavy atom. The van der Waals surface area contributed by atoms with Gasteiger partial charge in [-0.25, -0.2) is 8.78 Å². The average Bonchev–Trinajstić information content (AvgIpc) is 2.63. The van der Waals surface area contributed by atoms with E-state index in [1.807, 2.05) is 30.3 Å². The number of para-hydroxylation sites is 1. The van der Waals surface area contributed by atoms with Crippen LogP contribution in [0.1, 0.15) is 24.9 Å². The maximum atomic E-state index is 13.6. The van der Waals surface area contributed by atoms with E-state index in [0.29, 0.717) is 0 Å². The number of anilines is 1. The van der Waals surface area contributed by atoms with Gasteiger partial charge in [-0.2, -0.15) is 0 Å². The van der Waals surface area contributed by atoms with Crippen LogP contribution in [-0.4, -0.2) is 29.8 Å². The number of benzene rings is 2. The van der Waals surface area contributed by atoms with Gasteiger partial charge in [-0.15, -0.1) is 0 Å². The molecule has 0 radical (unpaired) electrons. The molecule has 2 amide bonds. The number of hydrogen-bond acceptors (Lipinski definition) is 3. The van der Waals surface area contributed by atoms with Crippen LogP contribution in [0.15, 0.2) is 48.5 Å². The molecule has 0 aliphatic rings. The lowest BCUT2D eigenvalue weighted by Gasteiger charge is -2.22. The van der Waals surface area contributed by atoms with Crippen LogP contribution in [-0.2, 0) is 9.59 Å². The van der Waals surface area contributed by atoms with Gasteiger partial charge >= 0.3 is 0 Å². The molecule has 1 atom stereocenters. The number of amides is 2. The molecule has 2 aromatic rings. The fourth-order valence-corrected chi connectivity index (χ4v) is 2.48. The van der Waals surface area contributed by atoms with E-state index in [9.17, 15) is 18.4 Å². The van der Waals surface area contributed by atoms with Crippen molar-refractivity contribution in [1.29, 1.82) is 0 Å². The topological polar surface area (TPSA) is 75.4 Å². The van der Waals surface area contributed by atoms with Gasteiger partial charge in [0.1, 0.15) is 17.3 Å². The Morgan fingerprint density at radius 3 is 2.27 bits per heavy atom. The fraction of sp³-hybridized carbons (Fsp3) is 0.263. The molecule has 7 heteroatoms. The smallest absolute Gasteiger partial charge is 0.244 e. The van der Waals surface area contributed by atoms with Crippen molar-refractivity contribution in [2.24, 2.45) is 5.73 Å². The Morgan fingerprint density at radius 1 is 1.08 bits per heavy atom. The summed E-state index contributed by atoms with van der Waals surface area (Å²) in [5.74, 6) is -2.75. The summed E-state index contributed by atoms with van der Waals surface area (Å²) in [5.41, 5.74) is 6.32. The van der Waals surface area contributed by atoms with Crippen LogP contribution in [0.4, 0.5) is 14.5 Å². The van der Waals surface area contributed by atoms with E-state index in [0.717, 1.165) is 17.7 Å². The normalized spacial score (nSPS) is 11.7. The number of rotatable bonds is 7. The number of nitrogens with zero attached hydrogens (tertiary/aromatic N) is 1. The van der Waals surface area contributed by atoms with Crippen LogP contribution in [0.3, 0.4) is 0 Å². The molecule has 0 saturated heterocycles. The third-order valence-corrected chi connectivity index (χ3v) is 3.92. The summed E-state index contributed by atoms with van der Waals surface area (Å²) in [6.07, 6.45) is 0.0270.